The van der Waals surface area contributed by atoms with Gasteiger partial charge in [-0.2, -0.15) is 5.26 Å². The number of hydrogen-bond donors (Lipinski definition) is 2. The highest BCUT2D eigenvalue weighted by Crippen LogP contribution is 2.07. The van der Waals surface area contributed by atoms with E-state index in [1.807, 2.05) is 25.7 Å². The summed E-state index contributed by atoms with van der Waals surface area (Å²) in [6.45, 7) is 7.07. The number of nitrogens with zero attached hydrogens (tertiary/aromatic N) is 2. The Kier molecular flexibility index (Phi) is 6.67. The zero-order valence-corrected chi connectivity index (χ0v) is 9.66. The van der Waals surface area contributed by atoms with Crippen LogP contribution in [0.15, 0.2) is 0 Å². The quantitative estimate of drug-likeness (QED) is 0.375. The number of hydrazine groups is 1. The molecule has 5 nitrogen and oxygen atoms in total. The summed E-state index contributed by atoms with van der Waals surface area (Å²) < 4.78 is 0. The van der Waals surface area contributed by atoms with Crippen LogP contribution in [0.2, 0.25) is 0 Å². The second kappa shape index (κ2) is 7.21. The van der Waals surface area contributed by atoms with Crippen LogP contribution in [-0.2, 0) is 4.79 Å². The maximum absolute atomic E-state index is 11.5. The van der Waals surface area contributed by atoms with Gasteiger partial charge in [-0.15, -0.1) is 0 Å². The number of carbonyl (C=O) groups is 1. The first-order valence-corrected chi connectivity index (χ1v) is 5.24. The lowest BCUT2D eigenvalue weighted by Crippen LogP contribution is -2.49. The van der Waals surface area contributed by atoms with Crippen molar-refractivity contribution in [2.45, 2.75) is 33.2 Å². The number of likely N-dealkylation sites (N-methyl/N-ethyl adjacent to an activating group) is 1. The molecule has 0 saturated heterocycles. The third-order valence-electron chi connectivity index (χ3n) is 2.41. The van der Waals surface area contributed by atoms with Gasteiger partial charge in [0.2, 0.25) is 0 Å². The third kappa shape index (κ3) is 4.28. The summed E-state index contributed by atoms with van der Waals surface area (Å²) in [6.07, 6.45) is 0.690. The molecule has 0 aliphatic heterocycles. The summed E-state index contributed by atoms with van der Waals surface area (Å²) in [7, 11) is 0. The molecule has 0 radical (unpaired) electrons. The van der Waals surface area contributed by atoms with Crippen molar-refractivity contribution >= 4 is 5.91 Å². The van der Waals surface area contributed by atoms with E-state index in [1.165, 1.54) is 0 Å². The van der Waals surface area contributed by atoms with Crippen molar-refractivity contribution in [3.63, 3.8) is 0 Å². The Labute approximate surface area is 91.2 Å². The highest BCUT2D eigenvalue weighted by molar-refractivity contribution is 5.81. The fraction of sp³-hybridized carbons (Fsp3) is 0.800. The minimum atomic E-state index is -0.240. The van der Waals surface area contributed by atoms with E-state index < -0.39 is 0 Å². The standard InChI is InChI=1S/C10H20N4O/c1-4-9(10(15)13-12)14(5-2)7-8(3)6-11/h8-9H,4-5,7,12H2,1-3H3,(H,13,15). The van der Waals surface area contributed by atoms with E-state index in [-0.39, 0.29) is 17.9 Å². The molecule has 0 aliphatic rings. The van der Waals surface area contributed by atoms with Crippen molar-refractivity contribution in [3.8, 4) is 6.07 Å². The molecule has 0 aromatic carbocycles. The molecular weight excluding hydrogens is 192 g/mol. The molecule has 2 atom stereocenters. The Balaban J connectivity index is 4.48. The monoisotopic (exact) mass is 212 g/mol. The van der Waals surface area contributed by atoms with Gasteiger partial charge in [-0.05, 0) is 19.9 Å². The zero-order valence-electron chi connectivity index (χ0n) is 9.66. The molecule has 2 unspecified atom stereocenters. The van der Waals surface area contributed by atoms with Crippen LogP contribution in [-0.4, -0.2) is 29.9 Å². The number of rotatable bonds is 6. The van der Waals surface area contributed by atoms with Crippen molar-refractivity contribution in [3.05, 3.63) is 0 Å². The molecule has 0 aliphatic carbocycles. The van der Waals surface area contributed by atoms with Gasteiger partial charge in [-0.25, -0.2) is 5.84 Å². The fourth-order valence-electron chi connectivity index (χ4n) is 1.57. The first kappa shape index (κ1) is 13.9. The van der Waals surface area contributed by atoms with Gasteiger partial charge in [-0.3, -0.25) is 15.1 Å². The van der Waals surface area contributed by atoms with Gasteiger partial charge in [0, 0.05) is 6.54 Å². The van der Waals surface area contributed by atoms with Gasteiger partial charge in [-0.1, -0.05) is 13.8 Å². The van der Waals surface area contributed by atoms with E-state index in [2.05, 4.69) is 11.5 Å². The summed E-state index contributed by atoms with van der Waals surface area (Å²) in [6, 6.07) is 1.92. The molecule has 0 aromatic heterocycles. The first-order chi connectivity index (χ1) is 7.10. The van der Waals surface area contributed by atoms with Crippen molar-refractivity contribution in [2.75, 3.05) is 13.1 Å². The van der Waals surface area contributed by atoms with Gasteiger partial charge >= 0.3 is 0 Å². The number of nitrogens with two attached hydrogens (primary N) is 1. The predicted molar refractivity (Wildman–Crippen MR) is 58.4 cm³/mol. The van der Waals surface area contributed by atoms with Crippen LogP contribution in [0.5, 0.6) is 0 Å². The van der Waals surface area contributed by atoms with Crippen LogP contribution < -0.4 is 11.3 Å². The van der Waals surface area contributed by atoms with Crippen molar-refractivity contribution < 1.29 is 4.79 Å². The fourth-order valence-corrected chi connectivity index (χ4v) is 1.57. The van der Waals surface area contributed by atoms with Crippen LogP contribution in [0.3, 0.4) is 0 Å². The molecule has 0 aromatic rings. The molecule has 0 fully saturated rings. The summed E-state index contributed by atoms with van der Waals surface area (Å²) in [4.78, 5) is 13.4. The van der Waals surface area contributed by atoms with Crippen molar-refractivity contribution in [1.29, 1.82) is 5.26 Å². The topological polar surface area (TPSA) is 82.2 Å². The van der Waals surface area contributed by atoms with Crippen LogP contribution >= 0.6 is 0 Å². The van der Waals surface area contributed by atoms with E-state index in [0.717, 1.165) is 6.54 Å². The van der Waals surface area contributed by atoms with Gasteiger partial charge < -0.3 is 0 Å². The summed E-state index contributed by atoms with van der Waals surface area (Å²) in [5.74, 6) is 4.84. The second-order valence-electron chi connectivity index (χ2n) is 3.55. The number of hydrogen-bond acceptors (Lipinski definition) is 4. The van der Waals surface area contributed by atoms with Gasteiger partial charge in [0.05, 0.1) is 18.0 Å². The Morgan fingerprint density at radius 3 is 2.53 bits per heavy atom. The maximum Gasteiger partial charge on any atom is 0.251 e. The highest BCUT2D eigenvalue weighted by atomic mass is 16.2. The minimum absolute atomic E-state index is 0.0791. The third-order valence-corrected chi connectivity index (χ3v) is 2.41. The minimum Gasteiger partial charge on any atom is -0.293 e. The van der Waals surface area contributed by atoms with Crippen LogP contribution in [0.4, 0.5) is 0 Å². The lowest BCUT2D eigenvalue weighted by atomic mass is 10.1. The molecule has 86 valence electrons. The molecule has 0 heterocycles. The second-order valence-corrected chi connectivity index (χ2v) is 3.55. The molecular formula is C10H20N4O. The average molecular weight is 212 g/mol. The number of nitrogens with one attached hydrogen (secondary N) is 1. The van der Waals surface area contributed by atoms with E-state index in [1.54, 1.807) is 0 Å². The molecule has 15 heavy (non-hydrogen) atoms. The molecule has 0 spiro atoms. The SMILES string of the molecule is CCC(C(=O)NN)N(CC)CC(C)C#N. The molecule has 3 N–H and O–H groups in total. The van der Waals surface area contributed by atoms with Gasteiger partial charge in [0.25, 0.3) is 5.91 Å². The molecule has 5 heteroatoms. The van der Waals surface area contributed by atoms with Crippen LogP contribution in [0.25, 0.3) is 0 Å². The van der Waals surface area contributed by atoms with Crippen molar-refractivity contribution in [2.24, 2.45) is 11.8 Å². The number of amides is 1. The van der Waals surface area contributed by atoms with Gasteiger partial charge in [0.1, 0.15) is 0 Å². The summed E-state index contributed by atoms with van der Waals surface area (Å²) in [5.41, 5.74) is 2.16. The molecule has 1 amide bonds. The largest absolute Gasteiger partial charge is 0.293 e. The van der Waals surface area contributed by atoms with Crippen LogP contribution in [0, 0.1) is 17.2 Å². The number of nitriles is 1. The molecule has 0 bridgehead atoms. The Morgan fingerprint density at radius 2 is 2.20 bits per heavy atom. The lowest BCUT2D eigenvalue weighted by molar-refractivity contribution is -0.126. The Morgan fingerprint density at radius 1 is 1.60 bits per heavy atom. The van der Waals surface area contributed by atoms with E-state index in [9.17, 15) is 4.79 Å². The predicted octanol–water partition coefficient (Wildman–Crippen LogP) is 0.236. The lowest BCUT2D eigenvalue weighted by Gasteiger charge is -2.29. The average Bonchev–Trinajstić information content (AvgIpc) is 2.27. The van der Waals surface area contributed by atoms with Gasteiger partial charge in [0.15, 0.2) is 0 Å². The summed E-state index contributed by atoms with van der Waals surface area (Å²) >= 11 is 0. The zero-order chi connectivity index (χ0) is 11.8. The summed E-state index contributed by atoms with van der Waals surface area (Å²) in [5, 5.41) is 8.73. The smallest absolute Gasteiger partial charge is 0.251 e. The van der Waals surface area contributed by atoms with Crippen molar-refractivity contribution in [1.82, 2.24) is 10.3 Å². The maximum atomic E-state index is 11.5. The number of carbonyl (C=O) groups excluding carboxylic acids is 1. The van der Waals surface area contributed by atoms with Crippen LogP contribution in [0.1, 0.15) is 27.2 Å². The van der Waals surface area contributed by atoms with E-state index >= 15 is 0 Å². The normalized spacial score (nSPS) is 14.4. The first-order valence-electron chi connectivity index (χ1n) is 5.24. The Hall–Kier alpha value is -1.12. The van der Waals surface area contributed by atoms with E-state index in [4.69, 9.17) is 11.1 Å². The van der Waals surface area contributed by atoms with E-state index in [0.29, 0.717) is 13.0 Å². The molecule has 0 saturated carbocycles. The molecule has 0 rings (SSSR count). The highest BCUT2D eigenvalue weighted by Gasteiger charge is 2.23. The Bertz CT molecular complexity index is 236.